The van der Waals surface area contributed by atoms with E-state index in [4.69, 9.17) is 0 Å². The average molecular weight is 268 g/mol. The summed E-state index contributed by atoms with van der Waals surface area (Å²) in [6.07, 6.45) is 1.26. The second-order valence-electron chi connectivity index (χ2n) is 5.11. The molecule has 100 valence electrons. The van der Waals surface area contributed by atoms with Gasteiger partial charge in [0, 0.05) is 31.4 Å². The van der Waals surface area contributed by atoms with Gasteiger partial charge in [-0.3, -0.25) is 0 Å². The largest absolute Gasteiger partial charge is 0.367 e. The van der Waals surface area contributed by atoms with Crippen LogP contribution in [0.4, 0.5) is 5.69 Å². The van der Waals surface area contributed by atoms with E-state index in [2.05, 4.69) is 24.1 Å². The molecule has 0 saturated carbocycles. The van der Waals surface area contributed by atoms with E-state index < -0.39 is 9.84 Å². The van der Waals surface area contributed by atoms with Crippen molar-refractivity contribution in [2.24, 2.45) is 0 Å². The normalized spacial score (nSPS) is 25.2. The summed E-state index contributed by atoms with van der Waals surface area (Å²) in [5, 5.41) is 3.45. The number of piperazine rings is 1. The molecule has 1 N–H and O–H groups in total. The quantitative estimate of drug-likeness (QED) is 0.878. The van der Waals surface area contributed by atoms with Crippen LogP contribution in [-0.4, -0.2) is 39.8 Å². The average Bonchev–Trinajstić information content (AvgIpc) is 2.26. The van der Waals surface area contributed by atoms with E-state index >= 15 is 0 Å². The lowest BCUT2D eigenvalue weighted by atomic mass is 10.1. The van der Waals surface area contributed by atoms with Crippen molar-refractivity contribution >= 4 is 15.5 Å². The molecular weight excluding hydrogens is 248 g/mol. The first-order valence-corrected chi connectivity index (χ1v) is 8.07. The highest BCUT2D eigenvalue weighted by Gasteiger charge is 2.24. The summed E-state index contributed by atoms with van der Waals surface area (Å²) in [6.45, 7) is 5.89. The van der Waals surface area contributed by atoms with Crippen LogP contribution in [0.25, 0.3) is 0 Å². The highest BCUT2D eigenvalue weighted by molar-refractivity contribution is 7.90. The lowest BCUT2D eigenvalue weighted by molar-refractivity contribution is 0.406. The summed E-state index contributed by atoms with van der Waals surface area (Å²) >= 11 is 0. The fourth-order valence-corrected chi connectivity index (χ4v) is 3.46. The molecule has 2 unspecified atom stereocenters. The molecule has 1 aliphatic rings. The number of hydrogen-bond donors (Lipinski definition) is 1. The van der Waals surface area contributed by atoms with Crippen molar-refractivity contribution in [2.75, 3.05) is 24.2 Å². The molecule has 0 aromatic heterocycles. The van der Waals surface area contributed by atoms with Crippen LogP contribution in [0, 0.1) is 0 Å². The van der Waals surface area contributed by atoms with Crippen LogP contribution in [0.15, 0.2) is 29.2 Å². The molecule has 1 aromatic rings. The van der Waals surface area contributed by atoms with E-state index in [-0.39, 0.29) is 0 Å². The number of anilines is 1. The van der Waals surface area contributed by atoms with Crippen LogP contribution in [-0.2, 0) is 9.84 Å². The van der Waals surface area contributed by atoms with Crippen molar-refractivity contribution < 1.29 is 8.42 Å². The van der Waals surface area contributed by atoms with Crippen LogP contribution in [0.3, 0.4) is 0 Å². The Labute approximate surface area is 109 Å². The monoisotopic (exact) mass is 268 g/mol. The summed E-state index contributed by atoms with van der Waals surface area (Å²) in [4.78, 5) is 2.58. The van der Waals surface area contributed by atoms with Crippen LogP contribution in [0.1, 0.15) is 13.8 Å². The molecule has 4 nitrogen and oxygen atoms in total. The van der Waals surface area contributed by atoms with Gasteiger partial charge in [-0.15, -0.1) is 0 Å². The van der Waals surface area contributed by atoms with Crippen LogP contribution in [0.5, 0.6) is 0 Å². The van der Waals surface area contributed by atoms with Crippen molar-refractivity contribution in [1.29, 1.82) is 0 Å². The number of hydrogen-bond acceptors (Lipinski definition) is 4. The van der Waals surface area contributed by atoms with Crippen LogP contribution >= 0.6 is 0 Å². The van der Waals surface area contributed by atoms with Gasteiger partial charge in [0.05, 0.1) is 10.6 Å². The maximum absolute atomic E-state index is 11.8. The molecule has 2 rings (SSSR count). The maximum atomic E-state index is 11.8. The Morgan fingerprint density at radius 3 is 2.28 bits per heavy atom. The standard InChI is InChI=1S/C13H20N2O2S/c1-10-8-15(9-11(2)14-10)12-6-4-5-7-13(12)18(3,16)17/h4-7,10-11,14H,8-9H2,1-3H3. The minimum atomic E-state index is -3.18. The molecule has 0 spiro atoms. The Hall–Kier alpha value is -1.07. The lowest BCUT2D eigenvalue weighted by Gasteiger charge is -2.38. The van der Waals surface area contributed by atoms with Gasteiger partial charge >= 0.3 is 0 Å². The van der Waals surface area contributed by atoms with Crippen molar-refractivity contribution in [2.45, 2.75) is 30.8 Å². The Morgan fingerprint density at radius 2 is 1.72 bits per heavy atom. The maximum Gasteiger partial charge on any atom is 0.177 e. The molecular formula is C13H20N2O2S. The van der Waals surface area contributed by atoms with E-state index in [9.17, 15) is 8.42 Å². The van der Waals surface area contributed by atoms with Crippen molar-refractivity contribution in [3.63, 3.8) is 0 Å². The van der Waals surface area contributed by atoms with Crippen LogP contribution < -0.4 is 10.2 Å². The van der Waals surface area contributed by atoms with E-state index in [1.54, 1.807) is 12.1 Å². The summed E-state index contributed by atoms with van der Waals surface area (Å²) in [5.41, 5.74) is 0.820. The van der Waals surface area contributed by atoms with Gasteiger partial charge in [-0.1, -0.05) is 12.1 Å². The molecule has 1 fully saturated rings. The summed E-state index contributed by atoms with van der Waals surface area (Å²) < 4.78 is 23.6. The highest BCUT2D eigenvalue weighted by atomic mass is 32.2. The van der Waals surface area contributed by atoms with Crippen molar-refractivity contribution in [3.8, 4) is 0 Å². The fourth-order valence-electron chi connectivity index (χ4n) is 2.56. The predicted octanol–water partition coefficient (Wildman–Crippen LogP) is 1.28. The first kappa shape index (κ1) is 13.4. The van der Waals surface area contributed by atoms with Crippen LogP contribution in [0.2, 0.25) is 0 Å². The Kier molecular flexibility index (Phi) is 3.64. The van der Waals surface area contributed by atoms with Gasteiger partial charge in [0.25, 0.3) is 0 Å². The summed E-state index contributed by atoms with van der Waals surface area (Å²) in [7, 11) is -3.18. The predicted molar refractivity (Wildman–Crippen MR) is 73.8 cm³/mol. The highest BCUT2D eigenvalue weighted by Crippen LogP contribution is 2.26. The number of nitrogens with one attached hydrogen (secondary N) is 1. The second kappa shape index (κ2) is 4.90. The third-order valence-corrected chi connectivity index (χ3v) is 4.31. The molecule has 18 heavy (non-hydrogen) atoms. The van der Waals surface area contributed by atoms with E-state index in [1.807, 2.05) is 12.1 Å². The van der Waals surface area contributed by atoms with Gasteiger partial charge in [0.15, 0.2) is 9.84 Å². The first-order chi connectivity index (χ1) is 8.38. The Morgan fingerprint density at radius 1 is 1.17 bits per heavy atom. The number of nitrogens with zero attached hydrogens (tertiary/aromatic N) is 1. The molecule has 1 heterocycles. The smallest absolute Gasteiger partial charge is 0.177 e. The minimum Gasteiger partial charge on any atom is -0.367 e. The molecule has 1 saturated heterocycles. The summed E-state index contributed by atoms with van der Waals surface area (Å²) in [5.74, 6) is 0. The SMILES string of the molecule is CC1CN(c2ccccc2S(C)(=O)=O)CC(C)N1. The third-order valence-electron chi connectivity index (χ3n) is 3.16. The Bertz CT molecular complexity index is 518. The number of para-hydroxylation sites is 1. The molecule has 0 bridgehead atoms. The Balaban J connectivity index is 2.39. The second-order valence-corrected chi connectivity index (χ2v) is 7.10. The molecule has 5 heteroatoms. The number of sulfone groups is 1. The fraction of sp³-hybridized carbons (Fsp3) is 0.538. The molecule has 1 aromatic carbocycles. The zero-order valence-electron chi connectivity index (χ0n) is 11.1. The lowest BCUT2D eigenvalue weighted by Crippen LogP contribution is -2.54. The van der Waals surface area contributed by atoms with Gasteiger partial charge in [-0.2, -0.15) is 0 Å². The van der Waals surface area contributed by atoms with E-state index in [1.165, 1.54) is 6.26 Å². The molecule has 0 radical (unpaired) electrons. The molecule has 0 aliphatic carbocycles. The zero-order valence-corrected chi connectivity index (χ0v) is 11.9. The van der Waals surface area contributed by atoms with Gasteiger partial charge in [0.1, 0.15) is 0 Å². The topological polar surface area (TPSA) is 49.4 Å². The third kappa shape index (κ3) is 2.84. The zero-order chi connectivity index (χ0) is 13.3. The molecule has 2 atom stereocenters. The minimum absolute atomic E-state index is 0.362. The molecule has 0 amide bonds. The van der Waals surface area contributed by atoms with Crippen molar-refractivity contribution in [3.05, 3.63) is 24.3 Å². The first-order valence-electron chi connectivity index (χ1n) is 6.18. The van der Waals surface area contributed by atoms with Gasteiger partial charge < -0.3 is 10.2 Å². The van der Waals surface area contributed by atoms with Gasteiger partial charge in [-0.05, 0) is 26.0 Å². The number of benzene rings is 1. The van der Waals surface area contributed by atoms with Crippen molar-refractivity contribution in [1.82, 2.24) is 5.32 Å². The van der Waals surface area contributed by atoms with E-state index in [0.29, 0.717) is 17.0 Å². The van der Waals surface area contributed by atoms with Gasteiger partial charge in [-0.25, -0.2) is 8.42 Å². The number of rotatable bonds is 2. The van der Waals surface area contributed by atoms with Gasteiger partial charge in [0.2, 0.25) is 0 Å². The summed E-state index contributed by atoms with van der Waals surface area (Å²) in [6, 6.07) is 7.96. The molecule has 1 aliphatic heterocycles. The van der Waals surface area contributed by atoms with E-state index in [0.717, 1.165) is 18.8 Å².